The Bertz CT molecular complexity index is 1740. The average molecular weight is 557 g/mol. The number of thiophene rings is 1. The summed E-state index contributed by atoms with van der Waals surface area (Å²) in [6.45, 7) is 4.71. The third-order valence-electron chi connectivity index (χ3n) is 7.29. The van der Waals surface area contributed by atoms with Gasteiger partial charge in [-0.2, -0.15) is 0 Å². The van der Waals surface area contributed by atoms with Gasteiger partial charge in [0.1, 0.15) is 12.3 Å². The number of aromatic nitrogens is 2. The van der Waals surface area contributed by atoms with Crippen molar-refractivity contribution in [3.8, 4) is 0 Å². The number of carbonyl (C=O) groups excluding carboxylic acids is 2. The Hall–Kier alpha value is -4.28. The van der Waals surface area contributed by atoms with Crippen molar-refractivity contribution in [3.05, 3.63) is 82.5 Å². The lowest BCUT2D eigenvalue weighted by Crippen LogP contribution is -2.44. The van der Waals surface area contributed by atoms with E-state index in [2.05, 4.69) is 37.4 Å². The second-order valence-electron chi connectivity index (χ2n) is 10.1. The van der Waals surface area contributed by atoms with Crippen molar-refractivity contribution in [1.82, 2.24) is 14.9 Å². The molecule has 6 rings (SSSR count). The summed E-state index contributed by atoms with van der Waals surface area (Å²) >= 11 is 1.41. The normalized spacial score (nSPS) is 14.1. The van der Waals surface area contributed by atoms with Crippen molar-refractivity contribution >= 4 is 61.3 Å². The number of benzene rings is 2. The lowest BCUT2D eigenvalue weighted by atomic mass is 10.1. The van der Waals surface area contributed by atoms with Crippen molar-refractivity contribution in [3.63, 3.8) is 0 Å². The summed E-state index contributed by atoms with van der Waals surface area (Å²) in [7, 11) is 2.08. The molecule has 3 N–H and O–H groups in total. The van der Waals surface area contributed by atoms with Gasteiger partial charge in [-0.3, -0.25) is 9.59 Å². The number of carbonyl (C=O) groups is 2. The first-order valence-electron chi connectivity index (χ1n) is 13.1. The van der Waals surface area contributed by atoms with E-state index in [1.807, 2.05) is 43.5 Å². The van der Waals surface area contributed by atoms with Gasteiger partial charge in [0.2, 0.25) is 0 Å². The Kier molecular flexibility index (Phi) is 6.95. The number of hydrogen-bond donors (Lipinski definition) is 3. The lowest BCUT2D eigenvalue weighted by Gasteiger charge is -2.34. The summed E-state index contributed by atoms with van der Waals surface area (Å²) in [6.07, 6.45) is 3.59. The van der Waals surface area contributed by atoms with Gasteiger partial charge in [-0.1, -0.05) is 6.07 Å². The molecule has 2 aromatic carbocycles. The number of aryl methyl sites for hydroxylation is 1. The van der Waals surface area contributed by atoms with Crippen LogP contribution in [0.15, 0.2) is 60.9 Å². The van der Waals surface area contributed by atoms with E-state index in [0.717, 1.165) is 58.5 Å². The summed E-state index contributed by atoms with van der Waals surface area (Å²) in [5.41, 5.74) is 4.49. The van der Waals surface area contributed by atoms with Gasteiger partial charge in [-0.05, 0) is 67.6 Å². The van der Waals surface area contributed by atoms with Gasteiger partial charge in [0, 0.05) is 76.7 Å². The van der Waals surface area contributed by atoms with Gasteiger partial charge in [0.25, 0.3) is 11.8 Å². The van der Waals surface area contributed by atoms with Crippen LogP contribution in [-0.2, 0) is 6.67 Å². The highest BCUT2D eigenvalue weighted by atomic mass is 32.1. The van der Waals surface area contributed by atoms with Crippen LogP contribution >= 0.6 is 11.3 Å². The Morgan fingerprint density at radius 1 is 1.02 bits per heavy atom. The molecule has 5 aromatic rings. The number of aromatic amines is 1. The SMILES string of the molecule is Cc1ccc(NC(=O)c2cc(CF)cc(N3CCN(C)CC3)c2)cc1NC(=O)c1cc2cnc3[nH]ccc3c2s1. The molecule has 10 heteroatoms. The fraction of sp³-hybridized carbons (Fsp3) is 0.233. The number of pyridine rings is 1. The van der Waals surface area contributed by atoms with E-state index < -0.39 is 6.67 Å². The van der Waals surface area contributed by atoms with Crippen LogP contribution in [-0.4, -0.2) is 59.9 Å². The zero-order valence-corrected chi connectivity index (χ0v) is 23.1. The number of piperazine rings is 1. The zero-order valence-electron chi connectivity index (χ0n) is 22.3. The number of likely N-dealkylation sites (N-methyl/N-ethyl adjacent to an activating group) is 1. The second kappa shape index (κ2) is 10.7. The third kappa shape index (κ3) is 5.15. The largest absolute Gasteiger partial charge is 0.369 e. The molecule has 0 aliphatic carbocycles. The minimum absolute atomic E-state index is 0.232. The molecule has 4 heterocycles. The number of rotatable bonds is 6. The summed E-state index contributed by atoms with van der Waals surface area (Å²) in [4.78, 5) is 38.9. The third-order valence-corrected chi connectivity index (χ3v) is 8.48. The van der Waals surface area contributed by atoms with E-state index >= 15 is 0 Å². The van der Waals surface area contributed by atoms with Crippen molar-refractivity contribution in [2.24, 2.45) is 0 Å². The highest BCUT2D eigenvalue weighted by Gasteiger charge is 2.18. The molecule has 0 bridgehead atoms. The lowest BCUT2D eigenvalue weighted by molar-refractivity contribution is 0.102. The highest BCUT2D eigenvalue weighted by molar-refractivity contribution is 7.21. The predicted molar refractivity (Wildman–Crippen MR) is 160 cm³/mol. The van der Waals surface area contributed by atoms with E-state index in [-0.39, 0.29) is 11.8 Å². The fourth-order valence-electron chi connectivity index (χ4n) is 4.96. The minimum Gasteiger partial charge on any atom is -0.369 e. The first kappa shape index (κ1) is 26.0. The van der Waals surface area contributed by atoms with Crippen LogP contribution in [0.1, 0.15) is 31.2 Å². The van der Waals surface area contributed by atoms with Crippen LogP contribution in [0.3, 0.4) is 0 Å². The summed E-state index contributed by atoms with van der Waals surface area (Å²) in [5, 5.41) is 7.80. The molecule has 0 unspecified atom stereocenters. The van der Waals surface area contributed by atoms with E-state index in [9.17, 15) is 14.0 Å². The summed E-state index contributed by atoms with van der Waals surface area (Å²) in [6, 6.07) is 14.4. The molecule has 1 fully saturated rings. The van der Waals surface area contributed by atoms with Crippen LogP contribution in [0.5, 0.6) is 0 Å². The molecule has 8 nitrogen and oxygen atoms in total. The molecule has 1 saturated heterocycles. The van der Waals surface area contributed by atoms with Crippen molar-refractivity contribution < 1.29 is 14.0 Å². The quantitative estimate of drug-likeness (QED) is 0.245. The van der Waals surface area contributed by atoms with Crippen molar-refractivity contribution in [2.45, 2.75) is 13.6 Å². The van der Waals surface area contributed by atoms with Gasteiger partial charge in [0.05, 0.1) is 4.88 Å². The van der Waals surface area contributed by atoms with E-state index in [0.29, 0.717) is 27.4 Å². The Morgan fingerprint density at radius 2 is 1.85 bits per heavy atom. The molecule has 0 saturated carbocycles. The topological polar surface area (TPSA) is 93.4 Å². The van der Waals surface area contributed by atoms with E-state index in [1.165, 1.54) is 11.3 Å². The zero-order chi connectivity index (χ0) is 27.8. The standard InChI is InChI=1S/C30H29FN6O2S/c1-18-3-4-22(34-29(38)20-11-19(16-31)12-23(13-20)37-9-7-36(2)8-10-37)15-25(18)35-30(39)26-14-21-17-33-28-24(5-6-32-28)27(21)40-26/h3-6,11-15,17H,7-10,16H2,1-2H3,(H,32,33)(H,34,38)(H,35,39). The fourth-order valence-corrected chi connectivity index (χ4v) is 6.01. The molecule has 1 aliphatic rings. The molecule has 204 valence electrons. The molecule has 0 spiro atoms. The molecular weight excluding hydrogens is 527 g/mol. The minimum atomic E-state index is -0.647. The number of H-pyrrole nitrogens is 1. The van der Waals surface area contributed by atoms with Gasteiger partial charge in [-0.15, -0.1) is 11.3 Å². The molecule has 1 aliphatic heterocycles. The monoisotopic (exact) mass is 556 g/mol. The van der Waals surface area contributed by atoms with Gasteiger partial charge < -0.3 is 25.4 Å². The van der Waals surface area contributed by atoms with Crippen LogP contribution in [0.4, 0.5) is 21.5 Å². The molecular formula is C30H29FN6O2S. The Balaban J connectivity index is 1.20. The van der Waals surface area contributed by atoms with Crippen molar-refractivity contribution in [1.29, 1.82) is 0 Å². The molecule has 3 aromatic heterocycles. The van der Waals surface area contributed by atoms with Gasteiger partial charge >= 0.3 is 0 Å². The number of fused-ring (bicyclic) bond motifs is 3. The number of anilines is 3. The first-order chi connectivity index (χ1) is 19.4. The molecule has 2 amide bonds. The summed E-state index contributed by atoms with van der Waals surface area (Å²) in [5.74, 6) is -0.566. The maximum Gasteiger partial charge on any atom is 0.265 e. The first-order valence-corrected chi connectivity index (χ1v) is 13.9. The highest BCUT2D eigenvalue weighted by Crippen LogP contribution is 2.32. The maximum absolute atomic E-state index is 13.7. The second-order valence-corrected chi connectivity index (χ2v) is 11.2. The number of amides is 2. The van der Waals surface area contributed by atoms with Crippen LogP contribution < -0.4 is 15.5 Å². The van der Waals surface area contributed by atoms with E-state index in [1.54, 1.807) is 24.4 Å². The van der Waals surface area contributed by atoms with Crippen LogP contribution in [0.25, 0.3) is 21.1 Å². The number of nitrogens with one attached hydrogen (secondary N) is 3. The van der Waals surface area contributed by atoms with Crippen LogP contribution in [0, 0.1) is 6.92 Å². The number of alkyl halides is 1. The average Bonchev–Trinajstić information content (AvgIpc) is 3.62. The maximum atomic E-state index is 13.7. The van der Waals surface area contributed by atoms with Crippen molar-refractivity contribution in [2.75, 3.05) is 48.8 Å². The Labute approximate surface area is 234 Å². The Morgan fingerprint density at radius 3 is 2.65 bits per heavy atom. The summed E-state index contributed by atoms with van der Waals surface area (Å²) < 4.78 is 14.7. The smallest absolute Gasteiger partial charge is 0.265 e. The predicted octanol–water partition coefficient (Wildman–Crippen LogP) is 5.81. The van der Waals surface area contributed by atoms with Gasteiger partial charge in [0.15, 0.2) is 0 Å². The molecule has 0 radical (unpaired) electrons. The van der Waals surface area contributed by atoms with Gasteiger partial charge in [-0.25, -0.2) is 9.37 Å². The molecule has 0 atom stereocenters. The van der Waals surface area contributed by atoms with E-state index in [4.69, 9.17) is 0 Å². The van der Waals surface area contributed by atoms with Crippen LogP contribution in [0.2, 0.25) is 0 Å². The number of halogens is 1. The number of nitrogens with zero attached hydrogens (tertiary/aromatic N) is 3. The number of hydrogen-bond acceptors (Lipinski definition) is 6. The molecule has 40 heavy (non-hydrogen) atoms.